The quantitative estimate of drug-likeness (QED) is 0.414. The molecule has 2 nitrogen and oxygen atoms in total. The van der Waals surface area contributed by atoms with Gasteiger partial charge in [0.15, 0.2) is 6.07 Å². The Morgan fingerprint density at radius 3 is 2.48 bits per heavy atom. The van der Waals surface area contributed by atoms with E-state index in [0.29, 0.717) is 5.92 Å². The molecule has 2 heteroatoms. The van der Waals surface area contributed by atoms with Gasteiger partial charge in [0.25, 0.3) is 0 Å². The van der Waals surface area contributed by atoms with Crippen molar-refractivity contribution < 1.29 is 4.74 Å². The van der Waals surface area contributed by atoms with Crippen molar-refractivity contribution in [1.29, 1.82) is 5.26 Å². The summed E-state index contributed by atoms with van der Waals surface area (Å²) in [6, 6.07) is 10.6. The highest BCUT2D eigenvalue weighted by atomic mass is 16.5. The van der Waals surface area contributed by atoms with Crippen LogP contribution in [0.25, 0.3) is 0 Å². The molecule has 134 valence electrons. The van der Waals surface area contributed by atoms with E-state index in [0.717, 1.165) is 44.0 Å². The molecule has 0 aromatic heterocycles. The van der Waals surface area contributed by atoms with Gasteiger partial charge in [0.05, 0.1) is 6.61 Å². The van der Waals surface area contributed by atoms with E-state index in [1.54, 1.807) is 0 Å². The number of nitrogens with zero attached hydrogens (tertiary/aromatic N) is 1. The van der Waals surface area contributed by atoms with Gasteiger partial charge in [-0.2, -0.15) is 5.26 Å². The van der Waals surface area contributed by atoms with E-state index in [1.165, 1.54) is 44.1 Å². The zero-order valence-corrected chi connectivity index (χ0v) is 15.6. The van der Waals surface area contributed by atoms with E-state index in [4.69, 9.17) is 10.00 Å². The summed E-state index contributed by atoms with van der Waals surface area (Å²) in [5, 5.41) is 8.53. The first kappa shape index (κ1) is 19.4. The number of hydrogen-bond acceptors (Lipinski definition) is 2. The first-order chi connectivity index (χ1) is 12.3. The molecule has 0 N–H and O–H groups in total. The minimum Gasteiger partial charge on any atom is -0.494 e. The van der Waals surface area contributed by atoms with Crippen molar-refractivity contribution >= 4 is 0 Å². The van der Waals surface area contributed by atoms with Crippen molar-refractivity contribution in [3.8, 4) is 23.7 Å². The molecule has 1 aromatic carbocycles. The highest BCUT2D eigenvalue weighted by molar-refractivity contribution is 5.27. The van der Waals surface area contributed by atoms with E-state index < -0.39 is 0 Å². The molecule has 0 unspecified atom stereocenters. The van der Waals surface area contributed by atoms with Gasteiger partial charge < -0.3 is 4.74 Å². The molecule has 0 saturated heterocycles. The second-order valence-electron chi connectivity index (χ2n) is 7.19. The van der Waals surface area contributed by atoms with Crippen LogP contribution in [0.1, 0.15) is 70.3 Å². The van der Waals surface area contributed by atoms with Crippen LogP contribution >= 0.6 is 0 Å². The lowest BCUT2D eigenvalue weighted by molar-refractivity contribution is 0.301. The highest BCUT2D eigenvalue weighted by Gasteiger charge is 2.19. The van der Waals surface area contributed by atoms with Gasteiger partial charge in [0, 0.05) is 11.8 Å². The van der Waals surface area contributed by atoms with Crippen LogP contribution in [0, 0.1) is 35.0 Å². The van der Waals surface area contributed by atoms with Crippen molar-refractivity contribution in [2.75, 3.05) is 6.61 Å². The van der Waals surface area contributed by atoms with Crippen LogP contribution in [0.5, 0.6) is 5.75 Å². The first-order valence-corrected chi connectivity index (χ1v) is 9.93. The molecular formula is C23H31NO. The zero-order valence-electron chi connectivity index (χ0n) is 15.6. The Kier molecular flexibility index (Phi) is 9.00. The van der Waals surface area contributed by atoms with Gasteiger partial charge in [-0.15, -0.1) is 0 Å². The minimum absolute atomic E-state index is 0.449. The molecule has 1 fully saturated rings. The second kappa shape index (κ2) is 11.6. The lowest BCUT2D eigenvalue weighted by Crippen LogP contribution is -2.14. The van der Waals surface area contributed by atoms with E-state index in [1.807, 2.05) is 6.07 Å². The second-order valence-corrected chi connectivity index (χ2v) is 7.19. The Hall–Kier alpha value is -1.93. The number of benzene rings is 1. The van der Waals surface area contributed by atoms with Gasteiger partial charge in [-0.25, -0.2) is 0 Å². The molecule has 0 bridgehead atoms. The highest BCUT2D eigenvalue weighted by Crippen LogP contribution is 2.31. The van der Waals surface area contributed by atoms with Crippen molar-refractivity contribution in [2.24, 2.45) is 11.8 Å². The zero-order chi connectivity index (χ0) is 17.7. The first-order valence-electron chi connectivity index (χ1n) is 9.93. The SMILES string of the molecule is CCCCCCOc1ccc(CCC2CCC(C#CC#N)CC2)cc1. The van der Waals surface area contributed by atoms with Crippen molar-refractivity contribution in [3.63, 3.8) is 0 Å². The van der Waals surface area contributed by atoms with E-state index >= 15 is 0 Å². The fraction of sp³-hybridized carbons (Fsp3) is 0.609. The lowest BCUT2D eigenvalue weighted by Gasteiger charge is -2.25. The third kappa shape index (κ3) is 7.66. The molecule has 25 heavy (non-hydrogen) atoms. The van der Waals surface area contributed by atoms with Crippen LogP contribution in [0.15, 0.2) is 24.3 Å². The number of aryl methyl sites for hydroxylation is 1. The number of rotatable bonds is 9. The van der Waals surface area contributed by atoms with Crippen LogP contribution in [-0.2, 0) is 6.42 Å². The molecule has 0 aliphatic heterocycles. The van der Waals surface area contributed by atoms with Crippen LogP contribution in [-0.4, -0.2) is 6.61 Å². The third-order valence-corrected chi connectivity index (χ3v) is 5.21. The molecule has 1 aliphatic rings. The van der Waals surface area contributed by atoms with Gasteiger partial charge >= 0.3 is 0 Å². The smallest absolute Gasteiger partial charge is 0.152 e. The Bertz CT molecular complexity index is 579. The Labute approximate surface area is 153 Å². The van der Waals surface area contributed by atoms with E-state index in [2.05, 4.69) is 43.0 Å². The van der Waals surface area contributed by atoms with Gasteiger partial charge in [-0.05, 0) is 68.6 Å². The maximum atomic E-state index is 8.53. The Morgan fingerprint density at radius 1 is 1.04 bits per heavy atom. The average molecular weight is 338 g/mol. The van der Waals surface area contributed by atoms with Crippen molar-refractivity contribution in [2.45, 2.75) is 71.1 Å². The van der Waals surface area contributed by atoms with Gasteiger partial charge in [-0.1, -0.05) is 44.2 Å². The lowest BCUT2D eigenvalue weighted by atomic mass is 9.80. The molecule has 0 radical (unpaired) electrons. The van der Waals surface area contributed by atoms with Crippen molar-refractivity contribution in [3.05, 3.63) is 29.8 Å². The summed E-state index contributed by atoms with van der Waals surface area (Å²) >= 11 is 0. The summed E-state index contributed by atoms with van der Waals surface area (Å²) in [6.45, 7) is 3.06. The van der Waals surface area contributed by atoms with Crippen LogP contribution in [0.3, 0.4) is 0 Å². The van der Waals surface area contributed by atoms with E-state index in [9.17, 15) is 0 Å². The normalized spacial score (nSPS) is 19.5. The maximum absolute atomic E-state index is 8.53. The topological polar surface area (TPSA) is 33.0 Å². The molecule has 0 heterocycles. The Morgan fingerprint density at radius 2 is 1.80 bits per heavy atom. The largest absolute Gasteiger partial charge is 0.494 e. The molecule has 1 saturated carbocycles. The van der Waals surface area contributed by atoms with Gasteiger partial charge in [-0.3, -0.25) is 0 Å². The molecule has 1 aromatic rings. The fourth-order valence-electron chi connectivity index (χ4n) is 3.57. The molecule has 2 rings (SSSR count). The molecular weight excluding hydrogens is 306 g/mol. The summed E-state index contributed by atoms with van der Waals surface area (Å²) in [7, 11) is 0. The number of unbranched alkanes of at least 4 members (excludes halogenated alkanes) is 3. The Balaban J connectivity index is 1.64. The molecule has 0 atom stereocenters. The van der Waals surface area contributed by atoms with Gasteiger partial charge in [0.2, 0.25) is 0 Å². The van der Waals surface area contributed by atoms with E-state index in [-0.39, 0.29) is 0 Å². The number of hydrogen-bond donors (Lipinski definition) is 0. The average Bonchev–Trinajstić information content (AvgIpc) is 2.66. The summed E-state index contributed by atoms with van der Waals surface area (Å²) in [5.74, 6) is 7.90. The minimum atomic E-state index is 0.449. The van der Waals surface area contributed by atoms with Crippen LogP contribution < -0.4 is 4.74 Å². The standard InChI is InChI=1S/C23H31NO/c1-2-3-4-5-19-25-23-16-14-22(15-17-23)13-12-21-10-8-20(9-11-21)7-6-18-24/h14-17,20-21H,2-5,8-13,19H2,1H3. The van der Waals surface area contributed by atoms with Crippen molar-refractivity contribution in [1.82, 2.24) is 0 Å². The number of ether oxygens (including phenoxy) is 1. The maximum Gasteiger partial charge on any atom is 0.152 e. The van der Waals surface area contributed by atoms with Crippen LogP contribution in [0.2, 0.25) is 0 Å². The predicted molar refractivity (Wildman–Crippen MR) is 103 cm³/mol. The summed E-state index contributed by atoms with van der Waals surface area (Å²) < 4.78 is 5.81. The molecule has 0 spiro atoms. The van der Waals surface area contributed by atoms with Gasteiger partial charge in [0.1, 0.15) is 5.75 Å². The number of nitriles is 1. The fourth-order valence-corrected chi connectivity index (χ4v) is 3.57. The predicted octanol–water partition coefficient (Wildman–Crippen LogP) is 5.91. The third-order valence-electron chi connectivity index (χ3n) is 5.21. The summed E-state index contributed by atoms with van der Waals surface area (Å²) in [4.78, 5) is 0. The van der Waals surface area contributed by atoms with Crippen LogP contribution in [0.4, 0.5) is 0 Å². The summed E-state index contributed by atoms with van der Waals surface area (Å²) in [5.41, 5.74) is 1.41. The summed E-state index contributed by atoms with van der Waals surface area (Å²) in [6.07, 6.45) is 12.2. The molecule has 1 aliphatic carbocycles. The monoisotopic (exact) mass is 337 g/mol. The molecule has 0 amide bonds.